The smallest absolute Gasteiger partial charge is 0.0715 e. The van der Waals surface area contributed by atoms with Crippen molar-refractivity contribution in [2.24, 2.45) is 0 Å². The molecule has 7 aromatic carbocycles. The summed E-state index contributed by atoms with van der Waals surface area (Å²) in [4.78, 5) is 5.16. The quantitative estimate of drug-likeness (QED) is 0.181. The van der Waals surface area contributed by atoms with E-state index in [2.05, 4.69) is 180 Å². The van der Waals surface area contributed by atoms with Gasteiger partial charge in [0.1, 0.15) is 0 Å². The third-order valence-corrected chi connectivity index (χ3v) is 11.0. The number of para-hydroxylation sites is 1. The average molecular weight is 655 g/mol. The van der Waals surface area contributed by atoms with Crippen LogP contribution in [0.25, 0.3) is 92.4 Å². The van der Waals surface area contributed by atoms with E-state index in [0.717, 1.165) is 33.8 Å². The Balaban J connectivity index is 1.09. The molecule has 0 aliphatic rings. The number of fused-ring (bicyclic) bond motifs is 6. The van der Waals surface area contributed by atoms with Crippen molar-refractivity contribution in [2.45, 2.75) is 0 Å². The molecule has 50 heavy (non-hydrogen) atoms. The Morgan fingerprint density at radius 2 is 0.980 bits per heavy atom. The van der Waals surface area contributed by atoms with Gasteiger partial charge in [-0.15, -0.1) is 11.3 Å². The molecule has 0 unspecified atom stereocenters. The molecule has 10 aromatic rings. The van der Waals surface area contributed by atoms with E-state index in [9.17, 15) is 0 Å². The van der Waals surface area contributed by atoms with Crippen molar-refractivity contribution in [1.29, 1.82) is 0 Å². The zero-order chi connectivity index (χ0) is 33.0. The zero-order valence-corrected chi connectivity index (χ0v) is 27.9. The van der Waals surface area contributed by atoms with E-state index in [-0.39, 0.29) is 0 Å². The molecule has 0 amide bonds. The van der Waals surface area contributed by atoms with Gasteiger partial charge < -0.3 is 4.57 Å². The summed E-state index contributed by atoms with van der Waals surface area (Å²) >= 11 is 1.88. The Bertz CT molecular complexity index is 2790. The number of benzene rings is 7. The van der Waals surface area contributed by atoms with Crippen molar-refractivity contribution in [3.05, 3.63) is 182 Å². The van der Waals surface area contributed by atoms with Gasteiger partial charge in [-0.25, -0.2) is 4.98 Å². The van der Waals surface area contributed by atoms with Gasteiger partial charge in [0.15, 0.2) is 0 Å². The fraction of sp³-hybridized carbons (Fsp3) is 0. The number of aromatic nitrogens is 2. The summed E-state index contributed by atoms with van der Waals surface area (Å²) in [5.41, 5.74) is 12.5. The fourth-order valence-electron chi connectivity index (χ4n) is 7.41. The highest BCUT2D eigenvalue weighted by Gasteiger charge is 2.16. The van der Waals surface area contributed by atoms with Crippen LogP contribution >= 0.6 is 11.3 Å². The van der Waals surface area contributed by atoms with Crippen LogP contribution in [0, 0.1) is 0 Å². The van der Waals surface area contributed by atoms with E-state index < -0.39 is 0 Å². The van der Waals surface area contributed by atoms with Crippen molar-refractivity contribution in [3.63, 3.8) is 0 Å². The van der Waals surface area contributed by atoms with Crippen molar-refractivity contribution in [3.8, 4) is 50.5 Å². The predicted molar refractivity (Wildman–Crippen MR) is 213 cm³/mol. The second-order valence-corrected chi connectivity index (χ2v) is 13.8. The van der Waals surface area contributed by atoms with E-state index in [1.165, 1.54) is 58.7 Å². The molecule has 3 heteroatoms. The number of rotatable bonds is 5. The molecule has 0 saturated heterocycles. The molecule has 0 radical (unpaired) electrons. The summed E-state index contributed by atoms with van der Waals surface area (Å²) in [5.74, 6) is 0. The van der Waals surface area contributed by atoms with Gasteiger partial charge in [0.25, 0.3) is 0 Å². The van der Waals surface area contributed by atoms with E-state index in [1.807, 2.05) is 17.4 Å². The zero-order valence-electron chi connectivity index (χ0n) is 27.1. The number of hydrogen-bond donors (Lipinski definition) is 0. The maximum absolute atomic E-state index is 5.16. The van der Waals surface area contributed by atoms with Crippen LogP contribution < -0.4 is 0 Å². The Morgan fingerprint density at radius 1 is 0.380 bits per heavy atom. The molecule has 3 aromatic heterocycles. The van der Waals surface area contributed by atoms with Crippen LogP contribution in [-0.4, -0.2) is 9.55 Å². The van der Waals surface area contributed by atoms with E-state index in [0.29, 0.717) is 0 Å². The van der Waals surface area contributed by atoms with Crippen LogP contribution in [0.3, 0.4) is 0 Å². The molecule has 10 rings (SSSR count). The minimum Gasteiger partial charge on any atom is -0.309 e. The topological polar surface area (TPSA) is 17.8 Å². The van der Waals surface area contributed by atoms with Crippen LogP contribution in [0.15, 0.2) is 182 Å². The lowest BCUT2D eigenvalue weighted by atomic mass is 10.00. The number of hydrogen-bond acceptors (Lipinski definition) is 2. The van der Waals surface area contributed by atoms with E-state index >= 15 is 0 Å². The molecule has 0 aliphatic carbocycles. The lowest BCUT2D eigenvalue weighted by Gasteiger charge is -2.12. The first-order valence-electron chi connectivity index (χ1n) is 17.0. The Labute approximate surface area is 294 Å². The molecule has 234 valence electrons. The summed E-state index contributed by atoms with van der Waals surface area (Å²) in [6.45, 7) is 0. The molecule has 3 heterocycles. The van der Waals surface area contributed by atoms with Crippen molar-refractivity contribution in [1.82, 2.24) is 9.55 Å². The van der Waals surface area contributed by atoms with Gasteiger partial charge in [-0.2, -0.15) is 0 Å². The Kier molecular flexibility index (Phi) is 6.71. The lowest BCUT2D eigenvalue weighted by Crippen LogP contribution is -1.95. The molecule has 2 nitrogen and oxygen atoms in total. The highest BCUT2D eigenvalue weighted by molar-refractivity contribution is 7.26. The molecule has 0 spiro atoms. The van der Waals surface area contributed by atoms with Crippen molar-refractivity contribution in [2.75, 3.05) is 0 Å². The second-order valence-electron chi connectivity index (χ2n) is 12.8. The minimum atomic E-state index is 0.957. The normalized spacial score (nSPS) is 11.6. The van der Waals surface area contributed by atoms with Crippen molar-refractivity contribution < 1.29 is 0 Å². The highest BCUT2D eigenvalue weighted by Crippen LogP contribution is 2.42. The van der Waals surface area contributed by atoms with Crippen molar-refractivity contribution >= 4 is 53.3 Å². The second kappa shape index (κ2) is 11.7. The molecule has 0 N–H and O–H groups in total. The summed E-state index contributed by atoms with van der Waals surface area (Å²) in [5, 5.41) is 5.16. The first-order chi connectivity index (χ1) is 24.8. The molecular weight excluding hydrogens is 625 g/mol. The summed E-state index contributed by atoms with van der Waals surface area (Å²) in [6, 6.07) is 65.4. The fourth-order valence-corrected chi connectivity index (χ4v) is 8.65. The maximum Gasteiger partial charge on any atom is 0.0715 e. The lowest BCUT2D eigenvalue weighted by molar-refractivity contribution is 1.18. The maximum atomic E-state index is 5.16. The number of nitrogens with zero attached hydrogens (tertiary/aromatic N) is 2. The van der Waals surface area contributed by atoms with Crippen LogP contribution in [0.2, 0.25) is 0 Å². The van der Waals surface area contributed by atoms with Gasteiger partial charge in [-0.05, 0) is 70.8 Å². The van der Waals surface area contributed by atoms with E-state index in [1.54, 1.807) is 0 Å². The van der Waals surface area contributed by atoms with Crippen LogP contribution in [0.4, 0.5) is 0 Å². The largest absolute Gasteiger partial charge is 0.309 e. The first kappa shape index (κ1) is 28.7. The average Bonchev–Trinajstić information content (AvgIpc) is 3.74. The molecule has 0 bridgehead atoms. The molecule has 0 atom stereocenters. The molecule has 0 saturated carbocycles. The van der Waals surface area contributed by atoms with Gasteiger partial charge in [0, 0.05) is 47.8 Å². The number of pyridine rings is 1. The van der Waals surface area contributed by atoms with Gasteiger partial charge in [-0.3, -0.25) is 0 Å². The van der Waals surface area contributed by atoms with Crippen LogP contribution in [0.1, 0.15) is 0 Å². The Morgan fingerprint density at radius 3 is 1.76 bits per heavy atom. The summed E-state index contributed by atoms with van der Waals surface area (Å²) < 4.78 is 5.06. The first-order valence-corrected chi connectivity index (χ1v) is 17.8. The van der Waals surface area contributed by atoms with Gasteiger partial charge >= 0.3 is 0 Å². The van der Waals surface area contributed by atoms with Gasteiger partial charge in [-0.1, -0.05) is 133 Å². The van der Waals surface area contributed by atoms with Gasteiger partial charge in [0.2, 0.25) is 0 Å². The highest BCUT2D eigenvalue weighted by atomic mass is 32.1. The molecule has 0 fully saturated rings. The molecular formula is C47H30N2S. The van der Waals surface area contributed by atoms with E-state index in [4.69, 9.17) is 4.98 Å². The SMILES string of the molecule is c1ccc(-c2cc(-c3ccccc3)nc(-c3ccc(-n4c5ccccc5c5cc(-c6cccc7c6sc6ccccc67)ccc54)cc3)c2)cc1. The monoisotopic (exact) mass is 654 g/mol. The van der Waals surface area contributed by atoms with Crippen LogP contribution in [0.5, 0.6) is 0 Å². The number of thiophene rings is 1. The third kappa shape index (κ3) is 4.74. The summed E-state index contributed by atoms with van der Waals surface area (Å²) in [7, 11) is 0. The third-order valence-electron chi connectivity index (χ3n) is 9.81. The van der Waals surface area contributed by atoms with Gasteiger partial charge in [0.05, 0.1) is 22.4 Å². The Hall–Kier alpha value is -6.29. The minimum absolute atomic E-state index is 0.957. The van der Waals surface area contributed by atoms with Crippen LogP contribution in [-0.2, 0) is 0 Å². The molecule has 0 aliphatic heterocycles. The summed E-state index contributed by atoms with van der Waals surface area (Å²) in [6.07, 6.45) is 0. The predicted octanol–water partition coefficient (Wildman–Crippen LogP) is 13.2. The standard InChI is InChI=1S/C47H30N2S/c1-3-12-31(13-4-1)35-29-42(32-14-5-2-6-15-32)48-43(30-35)33-22-25-36(26-23-33)49-44-20-9-7-16-38(44)41-28-34(24-27-45(41)49)37-18-11-19-40-39-17-8-10-21-46(39)50-47(37)40/h1-30H.